The number of methoxy groups -OCH3 is 1. The molecule has 1 unspecified atom stereocenters. The topological polar surface area (TPSA) is 94.6 Å². The van der Waals surface area contributed by atoms with Crippen molar-refractivity contribution in [2.45, 2.75) is 25.8 Å². The van der Waals surface area contributed by atoms with Gasteiger partial charge in [-0.05, 0) is 36.5 Å². The Balaban J connectivity index is 1.31. The number of rotatable bonds is 7. The summed E-state index contributed by atoms with van der Waals surface area (Å²) in [5, 5.41) is 12.7. The number of carbonyl (C=O) groups excluding carboxylic acids is 1. The summed E-state index contributed by atoms with van der Waals surface area (Å²) in [5.74, 6) is 2.51. The highest BCUT2D eigenvalue weighted by atomic mass is 16.5. The molecule has 0 radical (unpaired) electrons. The van der Waals surface area contributed by atoms with Crippen molar-refractivity contribution in [3.05, 3.63) is 41.4 Å². The molecule has 1 saturated carbocycles. The average molecular weight is 409 g/mol. The smallest absolute Gasteiger partial charge is 0.236 e. The fourth-order valence-corrected chi connectivity index (χ4v) is 3.97. The quantitative estimate of drug-likeness (QED) is 0.749. The van der Waals surface area contributed by atoms with Crippen LogP contribution in [0.1, 0.15) is 36.0 Å². The van der Waals surface area contributed by atoms with Crippen molar-refractivity contribution < 1.29 is 13.9 Å². The van der Waals surface area contributed by atoms with Crippen molar-refractivity contribution in [2.75, 3.05) is 44.7 Å². The highest BCUT2D eigenvalue weighted by Gasteiger charge is 2.33. The van der Waals surface area contributed by atoms with Crippen LogP contribution in [0.5, 0.6) is 5.75 Å². The van der Waals surface area contributed by atoms with Gasteiger partial charge in [0.15, 0.2) is 5.89 Å². The van der Waals surface area contributed by atoms with Gasteiger partial charge in [-0.3, -0.25) is 4.79 Å². The van der Waals surface area contributed by atoms with Crippen LogP contribution in [0.4, 0.5) is 5.88 Å². The Morgan fingerprint density at radius 2 is 2.00 bits per heavy atom. The van der Waals surface area contributed by atoms with E-state index in [9.17, 15) is 10.1 Å². The fourth-order valence-electron chi connectivity index (χ4n) is 3.97. The molecular formula is C22H27N5O3. The number of amides is 1. The van der Waals surface area contributed by atoms with Crippen LogP contribution in [-0.4, -0.2) is 55.6 Å². The number of carbonyl (C=O) groups is 1. The summed E-state index contributed by atoms with van der Waals surface area (Å²) in [6, 6.07) is 10.3. The molecule has 0 bridgehead atoms. The molecule has 8 nitrogen and oxygen atoms in total. The summed E-state index contributed by atoms with van der Waals surface area (Å²) in [6.07, 6.45) is 2.38. The molecule has 0 spiro atoms. The maximum atomic E-state index is 12.8. The molecule has 1 aromatic heterocycles. The molecule has 2 fully saturated rings. The Morgan fingerprint density at radius 3 is 2.60 bits per heavy atom. The van der Waals surface area contributed by atoms with Gasteiger partial charge in [0.2, 0.25) is 17.5 Å². The van der Waals surface area contributed by atoms with E-state index in [-0.39, 0.29) is 11.9 Å². The molecule has 1 aromatic carbocycles. The number of aromatic nitrogens is 1. The monoisotopic (exact) mass is 409 g/mol. The van der Waals surface area contributed by atoms with Gasteiger partial charge in [-0.2, -0.15) is 5.26 Å². The first-order valence-electron chi connectivity index (χ1n) is 10.4. The molecule has 1 aliphatic heterocycles. The Morgan fingerprint density at radius 1 is 1.30 bits per heavy atom. The molecule has 1 amide bonds. The summed E-state index contributed by atoms with van der Waals surface area (Å²) in [6.45, 7) is 4.50. The van der Waals surface area contributed by atoms with E-state index in [0.29, 0.717) is 56.1 Å². The zero-order chi connectivity index (χ0) is 21.1. The number of nitrogens with zero attached hydrogens (tertiary/aromatic N) is 4. The van der Waals surface area contributed by atoms with Crippen LogP contribution in [-0.2, 0) is 4.79 Å². The van der Waals surface area contributed by atoms with Crippen molar-refractivity contribution >= 4 is 11.8 Å². The minimum Gasteiger partial charge on any atom is -0.497 e. The summed E-state index contributed by atoms with van der Waals surface area (Å²) in [4.78, 5) is 20.7. The molecular weight excluding hydrogens is 382 g/mol. The van der Waals surface area contributed by atoms with Gasteiger partial charge in [-0.15, -0.1) is 0 Å². The Bertz CT molecular complexity index is 921. The molecule has 30 heavy (non-hydrogen) atoms. The van der Waals surface area contributed by atoms with Gasteiger partial charge in [0.1, 0.15) is 11.8 Å². The predicted molar refractivity (Wildman–Crippen MR) is 111 cm³/mol. The minimum atomic E-state index is 0.100. The lowest BCUT2D eigenvalue weighted by Gasteiger charge is -2.35. The van der Waals surface area contributed by atoms with E-state index in [1.807, 2.05) is 21.9 Å². The first-order valence-corrected chi connectivity index (χ1v) is 10.4. The van der Waals surface area contributed by atoms with Crippen LogP contribution >= 0.6 is 0 Å². The van der Waals surface area contributed by atoms with Crippen molar-refractivity contribution in [3.63, 3.8) is 0 Å². The Kier molecular flexibility index (Phi) is 5.91. The van der Waals surface area contributed by atoms with Gasteiger partial charge in [0.25, 0.3) is 0 Å². The summed E-state index contributed by atoms with van der Waals surface area (Å²) < 4.78 is 10.8. The minimum absolute atomic E-state index is 0.100. The number of hydrogen-bond donors (Lipinski definition) is 1. The third-order valence-electron chi connectivity index (χ3n) is 5.78. The van der Waals surface area contributed by atoms with Crippen molar-refractivity contribution in [3.8, 4) is 11.8 Å². The second-order valence-corrected chi connectivity index (χ2v) is 7.84. The van der Waals surface area contributed by atoms with E-state index >= 15 is 0 Å². The SMILES string of the molecule is COc1ccc(C(NCC(=O)N2CCN(c3oc(C)nc3C#N)CC2)C2CC2)cc1. The van der Waals surface area contributed by atoms with Gasteiger partial charge in [0.05, 0.1) is 13.7 Å². The number of hydrogen-bond acceptors (Lipinski definition) is 7. The Hall–Kier alpha value is -3.05. The molecule has 158 valence electrons. The van der Waals surface area contributed by atoms with Crippen LogP contribution in [0.3, 0.4) is 0 Å². The van der Waals surface area contributed by atoms with Gasteiger partial charge in [0, 0.05) is 39.1 Å². The summed E-state index contributed by atoms with van der Waals surface area (Å²) >= 11 is 0. The van der Waals surface area contributed by atoms with Gasteiger partial charge in [-0.25, -0.2) is 4.98 Å². The van der Waals surface area contributed by atoms with E-state index < -0.39 is 0 Å². The predicted octanol–water partition coefficient (Wildman–Crippen LogP) is 2.25. The largest absolute Gasteiger partial charge is 0.497 e. The maximum absolute atomic E-state index is 12.8. The third-order valence-corrected chi connectivity index (χ3v) is 5.78. The van der Waals surface area contributed by atoms with E-state index in [4.69, 9.17) is 9.15 Å². The van der Waals surface area contributed by atoms with Crippen molar-refractivity contribution in [1.29, 1.82) is 5.26 Å². The molecule has 1 aliphatic carbocycles. The van der Waals surface area contributed by atoms with E-state index in [1.165, 1.54) is 18.4 Å². The lowest BCUT2D eigenvalue weighted by molar-refractivity contribution is -0.130. The summed E-state index contributed by atoms with van der Waals surface area (Å²) in [7, 11) is 1.66. The second kappa shape index (κ2) is 8.76. The number of nitrogens with one attached hydrogen (secondary N) is 1. The molecule has 1 N–H and O–H groups in total. The zero-order valence-electron chi connectivity index (χ0n) is 17.4. The van der Waals surface area contributed by atoms with Gasteiger partial charge >= 0.3 is 0 Å². The van der Waals surface area contributed by atoms with E-state index in [2.05, 4.69) is 28.5 Å². The highest BCUT2D eigenvalue weighted by molar-refractivity contribution is 5.78. The van der Waals surface area contributed by atoms with E-state index in [0.717, 1.165) is 5.75 Å². The first kappa shape index (κ1) is 20.2. The number of aryl methyl sites for hydroxylation is 1. The molecule has 1 saturated heterocycles. The number of ether oxygens (including phenoxy) is 1. The average Bonchev–Trinajstić information content (AvgIpc) is 3.55. The molecule has 2 aliphatic rings. The second-order valence-electron chi connectivity index (χ2n) is 7.84. The van der Waals surface area contributed by atoms with Crippen LogP contribution < -0.4 is 15.0 Å². The maximum Gasteiger partial charge on any atom is 0.236 e. The zero-order valence-corrected chi connectivity index (χ0v) is 17.4. The molecule has 2 heterocycles. The van der Waals surface area contributed by atoms with Crippen LogP contribution in [0.25, 0.3) is 0 Å². The van der Waals surface area contributed by atoms with Crippen LogP contribution in [0.15, 0.2) is 28.7 Å². The standard InChI is InChI=1S/C22H27N5O3/c1-15-25-19(13-23)22(30-15)27-11-9-26(10-12-27)20(28)14-24-21(16-3-4-16)17-5-7-18(29-2)8-6-17/h5-8,16,21,24H,3-4,9-12,14H2,1-2H3. The van der Waals surface area contributed by atoms with Gasteiger partial charge in [-0.1, -0.05) is 12.1 Å². The number of anilines is 1. The normalized spacial score (nSPS) is 17.5. The lowest BCUT2D eigenvalue weighted by Crippen LogP contribution is -2.51. The van der Waals surface area contributed by atoms with Gasteiger partial charge < -0.3 is 24.3 Å². The summed E-state index contributed by atoms with van der Waals surface area (Å²) in [5.41, 5.74) is 1.50. The number of benzene rings is 1. The molecule has 4 rings (SSSR count). The molecule has 1 atom stereocenters. The van der Waals surface area contributed by atoms with E-state index in [1.54, 1.807) is 14.0 Å². The van der Waals surface area contributed by atoms with Crippen molar-refractivity contribution in [1.82, 2.24) is 15.2 Å². The number of nitriles is 1. The van der Waals surface area contributed by atoms with Crippen molar-refractivity contribution in [2.24, 2.45) is 5.92 Å². The van der Waals surface area contributed by atoms with Crippen LogP contribution in [0, 0.1) is 24.2 Å². The van der Waals surface area contributed by atoms with Crippen LogP contribution in [0.2, 0.25) is 0 Å². The molecule has 2 aromatic rings. The lowest BCUT2D eigenvalue weighted by atomic mass is 10.0. The first-order chi connectivity index (χ1) is 14.6. The fraction of sp³-hybridized carbons (Fsp3) is 0.500. The Labute approximate surface area is 176 Å². The molecule has 8 heteroatoms. The number of piperazine rings is 1. The number of oxazole rings is 1. The third kappa shape index (κ3) is 4.41. The highest BCUT2D eigenvalue weighted by Crippen LogP contribution is 2.41.